The van der Waals surface area contributed by atoms with E-state index in [1.807, 2.05) is 0 Å². The number of fused-ring (bicyclic) bond motifs is 2. The van der Waals surface area contributed by atoms with Crippen molar-refractivity contribution in [2.75, 3.05) is 13.2 Å². The van der Waals surface area contributed by atoms with Crippen LogP contribution in [-0.2, 0) is 28.5 Å². The summed E-state index contributed by atoms with van der Waals surface area (Å²) in [5.74, 6) is 0.0990. The van der Waals surface area contributed by atoms with Crippen molar-refractivity contribution in [2.45, 2.75) is 114 Å². The van der Waals surface area contributed by atoms with Crippen LogP contribution in [0.4, 0.5) is 0 Å². The second-order valence-electron chi connectivity index (χ2n) is 9.61. The van der Waals surface area contributed by atoms with Crippen LogP contribution in [0.2, 0.25) is 0 Å². The number of unbranched alkanes of at least 4 members (excludes halogenated alkanes) is 7. The Morgan fingerprint density at radius 3 is 1.37 bits per heavy atom. The van der Waals surface area contributed by atoms with E-state index in [2.05, 4.69) is 0 Å². The van der Waals surface area contributed by atoms with Crippen LogP contribution in [0.5, 0.6) is 0 Å². The summed E-state index contributed by atoms with van der Waals surface area (Å²) in [6.07, 6.45) is 16.2. The van der Waals surface area contributed by atoms with E-state index in [0.29, 0.717) is 37.6 Å². The number of hydrogen-bond donors (Lipinski definition) is 0. The third-order valence-electron chi connectivity index (χ3n) is 7.20. The highest BCUT2D eigenvalue weighted by Crippen LogP contribution is 2.40. The van der Waals surface area contributed by atoms with E-state index in [4.69, 9.17) is 18.9 Å². The molecule has 2 saturated carbocycles. The van der Waals surface area contributed by atoms with Gasteiger partial charge in [-0.1, -0.05) is 38.5 Å². The van der Waals surface area contributed by atoms with Crippen molar-refractivity contribution < 1.29 is 28.5 Å². The molecule has 2 heterocycles. The van der Waals surface area contributed by atoms with Gasteiger partial charge in [0.15, 0.2) is 0 Å². The van der Waals surface area contributed by atoms with Crippen molar-refractivity contribution in [1.82, 2.24) is 0 Å². The van der Waals surface area contributed by atoms with Gasteiger partial charge in [0.2, 0.25) is 0 Å². The Labute approximate surface area is 180 Å². The van der Waals surface area contributed by atoms with Crippen LogP contribution in [-0.4, -0.2) is 49.6 Å². The minimum atomic E-state index is -0.0156. The van der Waals surface area contributed by atoms with Gasteiger partial charge >= 0.3 is 11.9 Å². The Morgan fingerprint density at radius 1 is 0.567 bits per heavy atom. The second kappa shape index (κ2) is 10.9. The van der Waals surface area contributed by atoms with Gasteiger partial charge in [0.05, 0.1) is 49.5 Å². The standard InChI is InChI=1S/C24H38O6/c25-23(17-9-11-19-21(15-17)29-19)27-13-7-5-3-1-2-4-6-8-14-28-24(26)18-10-12-20-22(16-18)30-20/h17-22H,1-16H2. The number of epoxide rings is 2. The lowest BCUT2D eigenvalue weighted by molar-refractivity contribution is -0.150. The third kappa shape index (κ3) is 6.68. The van der Waals surface area contributed by atoms with Gasteiger partial charge in [-0.15, -0.1) is 0 Å². The molecule has 6 unspecified atom stereocenters. The van der Waals surface area contributed by atoms with Crippen LogP contribution in [0.1, 0.15) is 89.9 Å². The zero-order chi connectivity index (χ0) is 20.8. The van der Waals surface area contributed by atoms with Gasteiger partial charge in [-0.25, -0.2) is 0 Å². The first-order chi connectivity index (χ1) is 14.7. The molecular formula is C24H38O6. The van der Waals surface area contributed by atoms with Crippen LogP contribution in [0.3, 0.4) is 0 Å². The fourth-order valence-corrected chi connectivity index (χ4v) is 5.08. The molecule has 0 N–H and O–H groups in total. The van der Waals surface area contributed by atoms with E-state index in [0.717, 1.165) is 64.2 Å². The highest BCUT2D eigenvalue weighted by Gasteiger charge is 2.46. The molecule has 6 nitrogen and oxygen atoms in total. The largest absolute Gasteiger partial charge is 0.465 e. The summed E-state index contributed by atoms with van der Waals surface area (Å²) < 4.78 is 21.8. The molecule has 4 aliphatic rings. The maximum Gasteiger partial charge on any atom is 0.309 e. The Balaban J connectivity index is 0.893. The van der Waals surface area contributed by atoms with Gasteiger partial charge in [-0.3, -0.25) is 9.59 Å². The smallest absolute Gasteiger partial charge is 0.309 e. The van der Waals surface area contributed by atoms with Gasteiger partial charge in [0, 0.05) is 0 Å². The average molecular weight is 423 g/mol. The topological polar surface area (TPSA) is 77.7 Å². The van der Waals surface area contributed by atoms with Gasteiger partial charge < -0.3 is 18.9 Å². The first-order valence-corrected chi connectivity index (χ1v) is 12.3. The predicted octanol–water partition coefficient (Wildman–Crippen LogP) is 4.33. The molecule has 170 valence electrons. The molecule has 4 fully saturated rings. The van der Waals surface area contributed by atoms with E-state index in [1.54, 1.807) is 0 Å². The molecule has 2 aliphatic heterocycles. The highest BCUT2D eigenvalue weighted by atomic mass is 16.6. The van der Waals surface area contributed by atoms with Crippen molar-refractivity contribution in [2.24, 2.45) is 11.8 Å². The van der Waals surface area contributed by atoms with Gasteiger partial charge in [0.1, 0.15) is 0 Å². The Hall–Kier alpha value is -1.14. The van der Waals surface area contributed by atoms with Crippen molar-refractivity contribution in [3.05, 3.63) is 0 Å². The Morgan fingerprint density at radius 2 is 0.967 bits per heavy atom. The normalized spacial score (nSPS) is 33.9. The SMILES string of the molecule is O=C(OCCCCCCCCCCOC(=O)C1CCC2OC2C1)C1CCC2OC2C1. The zero-order valence-corrected chi connectivity index (χ0v) is 18.2. The lowest BCUT2D eigenvalue weighted by Crippen LogP contribution is -2.24. The quantitative estimate of drug-likeness (QED) is 0.250. The first kappa shape index (κ1) is 22.1. The van der Waals surface area contributed by atoms with Gasteiger partial charge in [-0.2, -0.15) is 0 Å². The van der Waals surface area contributed by atoms with Crippen molar-refractivity contribution >= 4 is 11.9 Å². The van der Waals surface area contributed by atoms with E-state index < -0.39 is 0 Å². The Kier molecular flexibility index (Phi) is 8.05. The molecule has 4 rings (SSSR count). The van der Waals surface area contributed by atoms with Crippen molar-refractivity contribution in [1.29, 1.82) is 0 Å². The van der Waals surface area contributed by atoms with Crippen LogP contribution in [0.25, 0.3) is 0 Å². The molecule has 0 aromatic carbocycles. The number of rotatable bonds is 13. The van der Waals surface area contributed by atoms with E-state index in [1.165, 1.54) is 25.7 Å². The van der Waals surface area contributed by atoms with E-state index in [9.17, 15) is 9.59 Å². The molecular weight excluding hydrogens is 384 g/mol. The summed E-state index contributed by atoms with van der Waals surface area (Å²) in [4.78, 5) is 24.1. The lowest BCUT2D eigenvalue weighted by Gasteiger charge is -2.17. The number of hydrogen-bond acceptors (Lipinski definition) is 6. The summed E-state index contributed by atoms with van der Waals surface area (Å²) in [7, 11) is 0. The minimum Gasteiger partial charge on any atom is -0.465 e. The van der Waals surface area contributed by atoms with Gasteiger partial charge in [0.25, 0.3) is 0 Å². The molecule has 0 radical (unpaired) electrons. The minimum absolute atomic E-state index is 0.0156. The van der Waals surface area contributed by atoms with Crippen LogP contribution in [0, 0.1) is 11.8 Å². The van der Waals surface area contributed by atoms with Crippen molar-refractivity contribution in [3.63, 3.8) is 0 Å². The molecule has 2 aliphatic carbocycles. The molecule has 2 saturated heterocycles. The maximum atomic E-state index is 12.1. The molecule has 0 aromatic rings. The molecule has 0 aromatic heterocycles. The fourth-order valence-electron chi connectivity index (χ4n) is 5.08. The fraction of sp³-hybridized carbons (Fsp3) is 0.917. The molecule has 6 heteroatoms. The van der Waals surface area contributed by atoms with E-state index >= 15 is 0 Å². The number of ether oxygens (including phenoxy) is 4. The summed E-state index contributed by atoms with van der Waals surface area (Å²) in [6.45, 7) is 1.12. The van der Waals surface area contributed by atoms with Crippen LogP contribution >= 0.6 is 0 Å². The molecule has 30 heavy (non-hydrogen) atoms. The summed E-state index contributed by atoms with van der Waals surface area (Å²) in [5.41, 5.74) is 0. The second-order valence-corrected chi connectivity index (χ2v) is 9.61. The maximum absolute atomic E-state index is 12.1. The average Bonchev–Trinajstić information content (AvgIpc) is 3.67. The lowest BCUT2D eigenvalue weighted by atomic mass is 9.89. The number of carbonyl (C=O) groups is 2. The molecule has 0 amide bonds. The predicted molar refractivity (Wildman–Crippen MR) is 111 cm³/mol. The van der Waals surface area contributed by atoms with E-state index in [-0.39, 0.29) is 23.8 Å². The summed E-state index contributed by atoms with van der Waals surface area (Å²) in [6, 6.07) is 0. The van der Waals surface area contributed by atoms with Crippen LogP contribution < -0.4 is 0 Å². The summed E-state index contributed by atoms with van der Waals surface area (Å²) >= 11 is 0. The van der Waals surface area contributed by atoms with Crippen molar-refractivity contribution in [3.8, 4) is 0 Å². The number of carbonyl (C=O) groups excluding carboxylic acids is 2. The zero-order valence-electron chi connectivity index (χ0n) is 18.2. The summed E-state index contributed by atoms with van der Waals surface area (Å²) in [5, 5.41) is 0. The Bertz CT molecular complexity index is 528. The highest BCUT2D eigenvalue weighted by molar-refractivity contribution is 5.73. The number of esters is 2. The first-order valence-electron chi connectivity index (χ1n) is 12.3. The van der Waals surface area contributed by atoms with Gasteiger partial charge in [-0.05, 0) is 51.4 Å². The molecule has 0 bridgehead atoms. The van der Waals surface area contributed by atoms with Crippen LogP contribution in [0.15, 0.2) is 0 Å². The molecule has 6 atom stereocenters. The molecule has 0 spiro atoms. The third-order valence-corrected chi connectivity index (χ3v) is 7.20. The monoisotopic (exact) mass is 422 g/mol.